The number of hydrogen-bond donors (Lipinski definition) is 2. The van der Waals surface area contributed by atoms with Gasteiger partial charge in [-0.15, -0.1) is 0 Å². The number of pyridine rings is 1. The Labute approximate surface area is 114 Å². The van der Waals surface area contributed by atoms with Gasteiger partial charge in [-0.3, -0.25) is 14.9 Å². The second-order valence-corrected chi connectivity index (χ2v) is 4.82. The first kappa shape index (κ1) is 13.7. The lowest BCUT2D eigenvalue weighted by Crippen LogP contribution is -2.44. The summed E-state index contributed by atoms with van der Waals surface area (Å²) in [5.74, 6) is -0.483. The van der Waals surface area contributed by atoms with Crippen LogP contribution in [0.25, 0.3) is 0 Å². The molecule has 1 aromatic heterocycles. The van der Waals surface area contributed by atoms with Crippen LogP contribution in [0, 0.1) is 10.1 Å². The summed E-state index contributed by atoms with van der Waals surface area (Å²) < 4.78 is 0. The van der Waals surface area contributed by atoms with Gasteiger partial charge in [-0.25, -0.2) is 4.98 Å². The summed E-state index contributed by atoms with van der Waals surface area (Å²) >= 11 is 5.79. The predicted octanol–water partition coefficient (Wildman–Crippen LogP) is 1.25. The molecule has 0 saturated heterocycles. The molecule has 102 valence electrons. The van der Waals surface area contributed by atoms with Crippen LogP contribution in [0.2, 0.25) is 5.15 Å². The summed E-state index contributed by atoms with van der Waals surface area (Å²) in [6.07, 6.45) is 3.62. The summed E-state index contributed by atoms with van der Waals surface area (Å²) in [4.78, 5) is 25.7. The van der Waals surface area contributed by atoms with Gasteiger partial charge >= 0.3 is 0 Å². The highest BCUT2D eigenvalue weighted by atomic mass is 35.5. The number of nitrogens with zero attached hydrogens (tertiary/aromatic N) is 2. The molecule has 1 heterocycles. The Morgan fingerprint density at radius 1 is 1.58 bits per heavy atom. The van der Waals surface area contributed by atoms with Crippen molar-refractivity contribution >= 4 is 23.2 Å². The van der Waals surface area contributed by atoms with E-state index in [1.54, 1.807) is 0 Å². The van der Waals surface area contributed by atoms with E-state index < -0.39 is 10.8 Å². The monoisotopic (exact) mass is 284 g/mol. The summed E-state index contributed by atoms with van der Waals surface area (Å²) in [5, 5.41) is 13.3. The summed E-state index contributed by atoms with van der Waals surface area (Å²) in [6.45, 7) is 0. The number of hydrogen-bond acceptors (Lipinski definition) is 5. The van der Waals surface area contributed by atoms with Crippen LogP contribution >= 0.6 is 11.6 Å². The van der Waals surface area contributed by atoms with Crippen molar-refractivity contribution in [3.05, 3.63) is 33.1 Å². The highest BCUT2D eigenvalue weighted by Gasteiger charge is 2.27. The highest BCUT2D eigenvalue weighted by molar-refractivity contribution is 6.32. The molecule has 2 rings (SSSR count). The van der Waals surface area contributed by atoms with Gasteiger partial charge in [0.1, 0.15) is 11.3 Å². The molecule has 1 fully saturated rings. The number of nitrogens with one attached hydrogen (secondary N) is 1. The lowest BCUT2D eigenvalue weighted by molar-refractivity contribution is -0.385. The van der Waals surface area contributed by atoms with E-state index in [1.165, 1.54) is 0 Å². The van der Waals surface area contributed by atoms with Crippen LogP contribution in [-0.2, 0) is 0 Å². The van der Waals surface area contributed by atoms with E-state index in [-0.39, 0.29) is 28.5 Å². The Morgan fingerprint density at radius 2 is 2.32 bits per heavy atom. The molecule has 8 heteroatoms. The van der Waals surface area contributed by atoms with Crippen molar-refractivity contribution in [1.82, 2.24) is 10.3 Å². The van der Waals surface area contributed by atoms with Gasteiger partial charge in [-0.1, -0.05) is 11.6 Å². The summed E-state index contributed by atoms with van der Waals surface area (Å²) in [6, 6.07) is 0.905. The predicted molar refractivity (Wildman–Crippen MR) is 69.0 cm³/mol. The summed E-state index contributed by atoms with van der Waals surface area (Å²) in [7, 11) is 0. The number of carbonyl (C=O) groups is 1. The average molecular weight is 285 g/mol. The molecule has 1 saturated carbocycles. The van der Waals surface area contributed by atoms with Crippen molar-refractivity contribution in [2.45, 2.75) is 31.3 Å². The molecule has 0 spiro atoms. The van der Waals surface area contributed by atoms with Gasteiger partial charge in [-0.05, 0) is 19.3 Å². The minimum Gasteiger partial charge on any atom is -0.348 e. The fourth-order valence-electron chi connectivity index (χ4n) is 2.11. The Kier molecular flexibility index (Phi) is 3.96. The van der Waals surface area contributed by atoms with Gasteiger partial charge in [0.2, 0.25) is 0 Å². The lowest BCUT2D eigenvalue weighted by atomic mass is 10.1. The van der Waals surface area contributed by atoms with E-state index in [1.807, 2.05) is 0 Å². The van der Waals surface area contributed by atoms with Crippen LogP contribution in [0.15, 0.2) is 12.3 Å². The Balaban J connectivity index is 2.18. The zero-order chi connectivity index (χ0) is 14.0. The number of aromatic nitrogens is 1. The van der Waals surface area contributed by atoms with Crippen molar-refractivity contribution in [3.8, 4) is 0 Å². The number of nitro groups is 1. The largest absolute Gasteiger partial charge is 0.348 e. The molecule has 0 aromatic carbocycles. The minimum absolute atomic E-state index is 0.00466. The van der Waals surface area contributed by atoms with Crippen molar-refractivity contribution in [3.63, 3.8) is 0 Å². The second-order valence-electron chi connectivity index (χ2n) is 4.46. The van der Waals surface area contributed by atoms with E-state index in [4.69, 9.17) is 17.3 Å². The zero-order valence-electron chi connectivity index (χ0n) is 10.0. The molecule has 1 aromatic rings. The first-order valence-corrected chi connectivity index (χ1v) is 6.23. The van der Waals surface area contributed by atoms with Gasteiger partial charge in [0.25, 0.3) is 11.6 Å². The van der Waals surface area contributed by atoms with E-state index in [0.29, 0.717) is 0 Å². The molecular formula is C11H13ClN4O3. The molecule has 2 atom stereocenters. The average Bonchev–Trinajstić information content (AvgIpc) is 2.75. The van der Waals surface area contributed by atoms with Crippen LogP contribution in [-0.4, -0.2) is 27.9 Å². The zero-order valence-corrected chi connectivity index (χ0v) is 10.8. The lowest BCUT2D eigenvalue weighted by Gasteiger charge is -2.17. The molecule has 0 aliphatic heterocycles. The van der Waals surface area contributed by atoms with Crippen LogP contribution in [0.5, 0.6) is 0 Å². The summed E-state index contributed by atoms with van der Waals surface area (Å²) in [5.41, 5.74) is 5.57. The molecule has 1 aliphatic rings. The Morgan fingerprint density at radius 3 is 2.89 bits per heavy atom. The highest BCUT2D eigenvalue weighted by Crippen LogP contribution is 2.21. The molecule has 1 amide bonds. The normalized spacial score (nSPS) is 22.2. The van der Waals surface area contributed by atoms with E-state index in [2.05, 4.69) is 10.3 Å². The number of amides is 1. The van der Waals surface area contributed by atoms with Crippen molar-refractivity contribution in [2.24, 2.45) is 5.73 Å². The molecule has 19 heavy (non-hydrogen) atoms. The van der Waals surface area contributed by atoms with Crippen molar-refractivity contribution in [2.75, 3.05) is 0 Å². The van der Waals surface area contributed by atoms with Gasteiger partial charge in [0, 0.05) is 18.2 Å². The van der Waals surface area contributed by atoms with Gasteiger partial charge in [-0.2, -0.15) is 0 Å². The van der Waals surface area contributed by atoms with Crippen molar-refractivity contribution in [1.29, 1.82) is 0 Å². The maximum absolute atomic E-state index is 12.0. The van der Waals surface area contributed by atoms with Crippen LogP contribution in [0.3, 0.4) is 0 Å². The number of carbonyl (C=O) groups excluding carboxylic acids is 1. The third-order valence-electron chi connectivity index (χ3n) is 3.17. The number of halogens is 1. The first-order chi connectivity index (χ1) is 8.99. The van der Waals surface area contributed by atoms with Crippen LogP contribution < -0.4 is 11.1 Å². The van der Waals surface area contributed by atoms with Crippen molar-refractivity contribution < 1.29 is 9.72 Å². The quantitative estimate of drug-likeness (QED) is 0.493. The second kappa shape index (κ2) is 5.50. The maximum atomic E-state index is 12.0. The third kappa shape index (κ3) is 2.99. The van der Waals surface area contributed by atoms with E-state index >= 15 is 0 Å². The standard InChI is InChI=1S/C11H13ClN4O3/c12-10-7(4-6(5-14-10)16(18)19)11(17)15-9-3-1-2-8(9)13/h4-5,8-9H,1-3,13H2,(H,15,17). The molecule has 1 aliphatic carbocycles. The fourth-order valence-corrected chi connectivity index (χ4v) is 2.30. The van der Waals surface area contributed by atoms with Gasteiger partial charge < -0.3 is 11.1 Å². The number of rotatable bonds is 3. The van der Waals surface area contributed by atoms with E-state index in [9.17, 15) is 14.9 Å². The molecular weight excluding hydrogens is 272 g/mol. The molecule has 0 radical (unpaired) electrons. The molecule has 7 nitrogen and oxygen atoms in total. The van der Waals surface area contributed by atoms with Gasteiger partial charge in [0.05, 0.1) is 10.5 Å². The minimum atomic E-state index is -0.624. The molecule has 3 N–H and O–H groups in total. The van der Waals surface area contributed by atoms with Crippen LogP contribution in [0.4, 0.5) is 5.69 Å². The van der Waals surface area contributed by atoms with Crippen LogP contribution in [0.1, 0.15) is 29.6 Å². The Bertz CT molecular complexity index is 523. The third-order valence-corrected chi connectivity index (χ3v) is 3.47. The molecule has 0 bridgehead atoms. The SMILES string of the molecule is NC1CCCC1NC(=O)c1cc([N+](=O)[O-])cnc1Cl. The smallest absolute Gasteiger partial charge is 0.288 e. The molecule has 2 unspecified atom stereocenters. The fraction of sp³-hybridized carbons (Fsp3) is 0.455. The number of nitrogens with two attached hydrogens (primary N) is 1. The first-order valence-electron chi connectivity index (χ1n) is 5.85. The Hall–Kier alpha value is -1.73. The van der Waals surface area contributed by atoms with Gasteiger partial charge in [0.15, 0.2) is 0 Å². The van der Waals surface area contributed by atoms with E-state index in [0.717, 1.165) is 31.5 Å². The maximum Gasteiger partial charge on any atom is 0.288 e. The topological polar surface area (TPSA) is 111 Å².